The Morgan fingerprint density at radius 1 is 1.03 bits per heavy atom. The van der Waals surface area contributed by atoms with E-state index in [1.807, 2.05) is 24.6 Å². The fourth-order valence-electron chi connectivity index (χ4n) is 3.28. The Labute approximate surface area is 193 Å². The molecule has 0 spiro atoms. The zero-order chi connectivity index (χ0) is 22.5. The van der Waals surface area contributed by atoms with Gasteiger partial charge in [-0.05, 0) is 35.7 Å². The van der Waals surface area contributed by atoms with Gasteiger partial charge in [-0.25, -0.2) is 0 Å². The van der Waals surface area contributed by atoms with Crippen LogP contribution in [0.15, 0.2) is 53.3 Å². The van der Waals surface area contributed by atoms with E-state index in [1.165, 1.54) is 23.1 Å². The SMILES string of the molecule is Cn1cnnc1SCC(=O)Nc1ccc(C(=O)N2CCN(C(=O)c3cccs3)CC2)cc1. The van der Waals surface area contributed by atoms with E-state index in [4.69, 9.17) is 0 Å². The monoisotopic (exact) mass is 470 g/mol. The molecule has 32 heavy (non-hydrogen) atoms. The lowest BCUT2D eigenvalue weighted by atomic mass is 10.1. The Morgan fingerprint density at radius 2 is 1.72 bits per heavy atom. The van der Waals surface area contributed by atoms with E-state index < -0.39 is 0 Å². The highest BCUT2D eigenvalue weighted by molar-refractivity contribution is 7.99. The number of piperazine rings is 1. The molecule has 166 valence electrons. The van der Waals surface area contributed by atoms with Crippen molar-refractivity contribution in [1.82, 2.24) is 24.6 Å². The maximum absolute atomic E-state index is 12.8. The molecule has 3 heterocycles. The summed E-state index contributed by atoms with van der Waals surface area (Å²) in [7, 11) is 1.82. The second-order valence-corrected chi connectivity index (χ2v) is 9.09. The fraction of sp³-hybridized carbons (Fsp3) is 0.286. The third-order valence-corrected chi connectivity index (χ3v) is 6.90. The molecule has 1 aromatic carbocycles. The molecule has 1 saturated heterocycles. The molecule has 0 saturated carbocycles. The van der Waals surface area contributed by atoms with Gasteiger partial charge in [0.15, 0.2) is 5.16 Å². The highest BCUT2D eigenvalue weighted by atomic mass is 32.2. The number of hydrogen-bond donors (Lipinski definition) is 1. The second-order valence-electron chi connectivity index (χ2n) is 7.20. The van der Waals surface area contributed by atoms with Crippen LogP contribution in [0.4, 0.5) is 5.69 Å². The molecular formula is C21H22N6O3S2. The Morgan fingerprint density at radius 3 is 2.31 bits per heavy atom. The lowest BCUT2D eigenvalue weighted by Gasteiger charge is -2.34. The number of aryl methyl sites for hydroxylation is 1. The van der Waals surface area contributed by atoms with Crippen molar-refractivity contribution in [2.45, 2.75) is 5.16 Å². The minimum Gasteiger partial charge on any atom is -0.335 e. The first-order chi connectivity index (χ1) is 15.5. The standard InChI is InChI=1S/C21H22N6O3S2/c1-25-14-22-24-21(25)32-13-18(28)23-16-6-4-15(5-7-16)19(29)26-8-10-27(11-9-26)20(30)17-3-2-12-31-17/h2-7,12,14H,8-11,13H2,1H3,(H,23,28). The number of thioether (sulfide) groups is 1. The van der Waals surface area contributed by atoms with Crippen LogP contribution in [0.3, 0.4) is 0 Å². The van der Waals surface area contributed by atoms with Gasteiger partial charge < -0.3 is 19.7 Å². The van der Waals surface area contributed by atoms with Crippen molar-refractivity contribution < 1.29 is 14.4 Å². The van der Waals surface area contributed by atoms with E-state index in [-0.39, 0.29) is 23.5 Å². The van der Waals surface area contributed by atoms with E-state index in [1.54, 1.807) is 45.0 Å². The number of thiophene rings is 1. The molecule has 11 heteroatoms. The molecule has 1 fully saturated rings. The Bertz CT molecular complexity index is 1090. The van der Waals surface area contributed by atoms with Crippen LogP contribution in [-0.2, 0) is 11.8 Å². The van der Waals surface area contributed by atoms with Gasteiger partial charge in [0, 0.05) is 44.5 Å². The Kier molecular flexibility index (Phi) is 6.86. The minimum absolute atomic E-state index is 0.0181. The van der Waals surface area contributed by atoms with Crippen LogP contribution < -0.4 is 5.32 Å². The molecule has 1 N–H and O–H groups in total. The summed E-state index contributed by atoms with van der Waals surface area (Å²) in [6, 6.07) is 10.5. The van der Waals surface area contributed by atoms with Crippen LogP contribution >= 0.6 is 23.1 Å². The minimum atomic E-state index is -0.163. The zero-order valence-electron chi connectivity index (χ0n) is 17.4. The first kappa shape index (κ1) is 22.0. The Hall–Kier alpha value is -3.18. The molecule has 3 amide bonds. The molecule has 1 aliphatic rings. The van der Waals surface area contributed by atoms with Gasteiger partial charge in [0.25, 0.3) is 11.8 Å². The number of hydrogen-bond acceptors (Lipinski definition) is 7. The molecule has 2 aromatic heterocycles. The number of nitrogens with one attached hydrogen (secondary N) is 1. The molecule has 0 aliphatic carbocycles. The van der Waals surface area contributed by atoms with Gasteiger partial charge in [0.1, 0.15) is 6.33 Å². The first-order valence-electron chi connectivity index (χ1n) is 10.00. The summed E-state index contributed by atoms with van der Waals surface area (Å²) >= 11 is 2.73. The third-order valence-electron chi connectivity index (χ3n) is 5.00. The highest BCUT2D eigenvalue weighted by Crippen LogP contribution is 2.17. The van der Waals surface area contributed by atoms with Crippen molar-refractivity contribution in [3.63, 3.8) is 0 Å². The Balaban J connectivity index is 1.26. The zero-order valence-corrected chi connectivity index (χ0v) is 19.1. The van der Waals surface area contributed by atoms with Crippen molar-refractivity contribution in [2.24, 2.45) is 7.05 Å². The van der Waals surface area contributed by atoms with Crippen LogP contribution in [0.25, 0.3) is 0 Å². The van der Waals surface area contributed by atoms with Gasteiger partial charge in [-0.3, -0.25) is 14.4 Å². The average Bonchev–Trinajstić information content (AvgIpc) is 3.49. The fourth-order valence-corrected chi connectivity index (χ4v) is 4.66. The summed E-state index contributed by atoms with van der Waals surface area (Å²) < 4.78 is 1.75. The largest absolute Gasteiger partial charge is 0.335 e. The molecule has 4 rings (SSSR count). The van der Waals surface area contributed by atoms with E-state index >= 15 is 0 Å². The van der Waals surface area contributed by atoms with Gasteiger partial charge in [0.05, 0.1) is 10.6 Å². The topological polar surface area (TPSA) is 100 Å². The second kappa shape index (κ2) is 9.96. The quantitative estimate of drug-likeness (QED) is 0.555. The molecule has 9 nitrogen and oxygen atoms in total. The van der Waals surface area contributed by atoms with Crippen LogP contribution in [0.2, 0.25) is 0 Å². The van der Waals surface area contributed by atoms with Crippen LogP contribution in [0.1, 0.15) is 20.0 Å². The van der Waals surface area contributed by atoms with Gasteiger partial charge in [-0.15, -0.1) is 21.5 Å². The summed E-state index contributed by atoms with van der Waals surface area (Å²) in [5.74, 6) is -0.0149. The summed E-state index contributed by atoms with van der Waals surface area (Å²) in [6.45, 7) is 2.01. The number of carbonyl (C=O) groups is 3. The number of benzene rings is 1. The van der Waals surface area contributed by atoms with E-state index in [9.17, 15) is 14.4 Å². The van der Waals surface area contributed by atoms with Crippen molar-refractivity contribution in [3.8, 4) is 0 Å². The average molecular weight is 471 g/mol. The maximum atomic E-state index is 12.8. The molecule has 3 aromatic rings. The normalized spacial score (nSPS) is 13.8. The van der Waals surface area contributed by atoms with Crippen molar-refractivity contribution in [3.05, 3.63) is 58.5 Å². The maximum Gasteiger partial charge on any atom is 0.264 e. The summed E-state index contributed by atoms with van der Waals surface area (Å²) in [6.07, 6.45) is 1.58. The lowest BCUT2D eigenvalue weighted by molar-refractivity contribution is -0.113. The number of anilines is 1. The molecule has 0 unspecified atom stereocenters. The van der Waals surface area contributed by atoms with E-state index in [0.29, 0.717) is 42.6 Å². The number of amides is 3. The van der Waals surface area contributed by atoms with E-state index in [2.05, 4.69) is 15.5 Å². The molecule has 1 aliphatic heterocycles. The lowest BCUT2D eigenvalue weighted by Crippen LogP contribution is -2.50. The van der Waals surface area contributed by atoms with Gasteiger partial charge in [-0.2, -0.15) is 0 Å². The smallest absolute Gasteiger partial charge is 0.264 e. The van der Waals surface area contributed by atoms with Gasteiger partial charge >= 0.3 is 0 Å². The highest BCUT2D eigenvalue weighted by Gasteiger charge is 2.25. The number of nitrogens with zero attached hydrogens (tertiary/aromatic N) is 5. The summed E-state index contributed by atoms with van der Waals surface area (Å²) in [5, 5.41) is 13.1. The number of carbonyl (C=O) groups excluding carboxylic acids is 3. The summed E-state index contributed by atoms with van der Waals surface area (Å²) in [4.78, 5) is 41.7. The summed E-state index contributed by atoms with van der Waals surface area (Å²) in [5.41, 5.74) is 1.17. The van der Waals surface area contributed by atoms with Crippen LogP contribution in [0, 0.1) is 0 Å². The van der Waals surface area contributed by atoms with Crippen LogP contribution in [-0.4, -0.2) is 74.2 Å². The molecule has 0 radical (unpaired) electrons. The molecule has 0 bridgehead atoms. The number of aromatic nitrogens is 3. The van der Waals surface area contributed by atoms with E-state index in [0.717, 1.165) is 4.88 Å². The number of rotatable bonds is 6. The van der Waals surface area contributed by atoms with Crippen molar-refractivity contribution in [1.29, 1.82) is 0 Å². The first-order valence-corrected chi connectivity index (χ1v) is 11.9. The van der Waals surface area contributed by atoms with Crippen molar-refractivity contribution in [2.75, 3.05) is 37.2 Å². The predicted molar refractivity (Wildman–Crippen MR) is 123 cm³/mol. The van der Waals surface area contributed by atoms with Crippen molar-refractivity contribution >= 4 is 46.5 Å². The van der Waals surface area contributed by atoms with Gasteiger partial charge in [0.2, 0.25) is 5.91 Å². The van der Waals surface area contributed by atoms with Gasteiger partial charge in [-0.1, -0.05) is 17.8 Å². The molecular weight excluding hydrogens is 448 g/mol. The third kappa shape index (κ3) is 5.17. The van der Waals surface area contributed by atoms with Crippen LogP contribution in [0.5, 0.6) is 0 Å². The predicted octanol–water partition coefficient (Wildman–Crippen LogP) is 2.21. The molecule has 0 atom stereocenters.